The van der Waals surface area contributed by atoms with E-state index in [2.05, 4.69) is 6.08 Å². The van der Waals surface area contributed by atoms with Crippen molar-refractivity contribution in [2.24, 2.45) is 5.92 Å². The molecule has 0 aromatic carbocycles. The van der Waals surface area contributed by atoms with Gasteiger partial charge in [-0.2, -0.15) is 0 Å². The topological polar surface area (TPSA) is 17.1 Å². The first-order valence-corrected chi connectivity index (χ1v) is 1.94. The van der Waals surface area contributed by atoms with Crippen molar-refractivity contribution in [1.29, 1.82) is 0 Å². The summed E-state index contributed by atoms with van der Waals surface area (Å²) in [5.74, 6) is 0.292. The van der Waals surface area contributed by atoms with Crippen LogP contribution in [0.5, 0.6) is 0 Å². The molecule has 1 aliphatic rings. The second kappa shape index (κ2) is 0.934. The second-order valence-corrected chi connectivity index (χ2v) is 1.46. The maximum Gasteiger partial charge on any atom is 0.169 e. The molecule has 1 unspecified atom stereocenters. The summed E-state index contributed by atoms with van der Waals surface area (Å²) in [6.45, 7) is 1.86. The lowest BCUT2D eigenvalue weighted by molar-refractivity contribution is -0.118. The molecule has 0 saturated carbocycles. The smallest absolute Gasteiger partial charge is 0.169 e. The zero-order chi connectivity index (χ0) is 4.57. The van der Waals surface area contributed by atoms with Crippen molar-refractivity contribution >= 4 is 5.78 Å². The lowest BCUT2D eigenvalue weighted by Gasteiger charge is -2.05. The van der Waals surface area contributed by atoms with Gasteiger partial charge in [-0.15, -0.1) is 0 Å². The zero-order valence-corrected chi connectivity index (χ0v) is 3.56. The number of ketones is 1. The third-order valence-corrected chi connectivity index (χ3v) is 0.889. The van der Waals surface area contributed by atoms with Crippen LogP contribution >= 0.6 is 0 Å². The standard InChI is InChI=1S/C5H5O/c1-4-2-3-5(4)6/h2,4H,1H3. The van der Waals surface area contributed by atoms with Crippen LogP contribution in [0.15, 0.2) is 6.08 Å². The highest BCUT2D eigenvalue weighted by Gasteiger charge is 2.13. The van der Waals surface area contributed by atoms with E-state index in [0.29, 0.717) is 0 Å². The van der Waals surface area contributed by atoms with E-state index in [1.165, 1.54) is 0 Å². The molecule has 0 fully saturated rings. The van der Waals surface area contributed by atoms with Crippen LogP contribution < -0.4 is 0 Å². The summed E-state index contributed by atoms with van der Waals surface area (Å²) in [5, 5.41) is 0. The lowest BCUT2D eigenvalue weighted by Crippen LogP contribution is -2.13. The van der Waals surface area contributed by atoms with Gasteiger partial charge in [0.15, 0.2) is 5.78 Å². The van der Waals surface area contributed by atoms with E-state index in [4.69, 9.17) is 0 Å². The van der Waals surface area contributed by atoms with Crippen molar-refractivity contribution < 1.29 is 4.79 Å². The average Bonchev–Trinajstić information content (AvgIpc) is 1.61. The van der Waals surface area contributed by atoms with Crippen LogP contribution in [0.4, 0.5) is 0 Å². The monoisotopic (exact) mass is 81.0 g/mol. The molecule has 0 aromatic rings. The van der Waals surface area contributed by atoms with Gasteiger partial charge in [0.25, 0.3) is 0 Å². The van der Waals surface area contributed by atoms with E-state index in [9.17, 15) is 4.79 Å². The minimum atomic E-state index is 0.134. The van der Waals surface area contributed by atoms with E-state index < -0.39 is 0 Å². The molecule has 0 heterocycles. The van der Waals surface area contributed by atoms with Crippen molar-refractivity contribution in [2.75, 3.05) is 0 Å². The summed E-state index contributed by atoms with van der Waals surface area (Å²) < 4.78 is 0. The fourth-order valence-corrected chi connectivity index (χ4v) is 0.318. The second-order valence-electron chi connectivity index (χ2n) is 1.46. The van der Waals surface area contributed by atoms with Crippen molar-refractivity contribution in [2.45, 2.75) is 6.92 Å². The summed E-state index contributed by atoms with van der Waals surface area (Å²) in [6, 6.07) is 0. The summed E-state index contributed by atoms with van der Waals surface area (Å²) in [6.07, 6.45) is 4.26. The summed E-state index contributed by atoms with van der Waals surface area (Å²) in [7, 11) is 0. The molecule has 1 heteroatoms. The Balaban J connectivity index is 2.67. The van der Waals surface area contributed by atoms with Gasteiger partial charge in [-0.3, -0.25) is 4.79 Å². The van der Waals surface area contributed by atoms with Crippen LogP contribution in [0.25, 0.3) is 0 Å². The van der Waals surface area contributed by atoms with E-state index >= 15 is 0 Å². The Labute approximate surface area is 36.7 Å². The largest absolute Gasteiger partial charge is 0.294 e. The Kier molecular flexibility index (Phi) is 0.560. The lowest BCUT2D eigenvalue weighted by atomic mass is 9.96. The predicted molar refractivity (Wildman–Crippen MR) is 22.0 cm³/mol. The number of carbonyl (C=O) groups excluding carboxylic acids is 1. The van der Waals surface area contributed by atoms with Gasteiger partial charge in [0, 0.05) is 12.0 Å². The van der Waals surface area contributed by atoms with Gasteiger partial charge < -0.3 is 0 Å². The maximum atomic E-state index is 10.1. The van der Waals surface area contributed by atoms with Gasteiger partial charge in [0.1, 0.15) is 0 Å². The van der Waals surface area contributed by atoms with Gasteiger partial charge >= 0.3 is 0 Å². The number of carbonyl (C=O) groups is 1. The molecule has 0 bridgehead atoms. The van der Waals surface area contributed by atoms with Crippen LogP contribution in [0.1, 0.15) is 6.92 Å². The normalized spacial score (nSPS) is 30.2. The molecule has 1 aliphatic carbocycles. The van der Waals surface area contributed by atoms with Gasteiger partial charge in [0.05, 0.1) is 0 Å². The minimum Gasteiger partial charge on any atom is -0.294 e. The van der Waals surface area contributed by atoms with Gasteiger partial charge in [-0.1, -0.05) is 13.0 Å². The molecule has 0 aliphatic heterocycles. The van der Waals surface area contributed by atoms with E-state index in [0.717, 1.165) is 0 Å². The third kappa shape index (κ3) is 0.280. The molecule has 31 valence electrons. The number of Topliss-reactive ketones (excluding diaryl/α,β-unsaturated/α-hetero) is 1. The molecule has 1 nitrogen and oxygen atoms in total. The molecule has 0 aromatic heterocycles. The van der Waals surface area contributed by atoms with Crippen LogP contribution in [0, 0.1) is 12.0 Å². The van der Waals surface area contributed by atoms with Crippen molar-refractivity contribution in [1.82, 2.24) is 0 Å². The fourth-order valence-electron chi connectivity index (χ4n) is 0.318. The maximum absolute atomic E-state index is 10.1. The van der Waals surface area contributed by atoms with Crippen molar-refractivity contribution in [3.8, 4) is 0 Å². The van der Waals surface area contributed by atoms with Gasteiger partial charge in [-0.25, -0.2) is 0 Å². The number of allylic oxidation sites excluding steroid dienone is 2. The molecule has 6 heavy (non-hydrogen) atoms. The van der Waals surface area contributed by atoms with Gasteiger partial charge in [0.2, 0.25) is 0 Å². The van der Waals surface area contributed by atoms with E-state index in [-0.39, 0.29) is 11.7 Å². The van der Waals surface area contributed by atoms with Crippen LogP contribution in [-0.2, 0) is 4.79 Å². The van der Waals surface area contributed by atoms with Crippen LogP contribution in [0.2, 0.25) is 0 Å². The third-order valence-electron chi connectivity index (χ3n) is 0.889. The number of rotatable bonds is 0. The van der Waals surface area contributed by atoms with Crippen molar-refractivity contribution in [3.63, 3.8) is 0 Å². The summed E-state index contributed by atoms with van der Waals surface area (Å²) >= 11 is 0. The van der Waals surface area contributed by atoms with Gasteiger partial charge in [-0.05, 0) is 0 Å². The first-order valence-electron chi connectivity index (χ1n) is 1.94. The SMILES string of the molecule is CC1C=[C]C1=O. The molecular weight excluding hydrogens is 76.1 g/mol. The fraction of sp³-hybridized carbons (Fsp3) is 0.400. The Morgan fingerprint density at radius 3 is 2.50 bits per heavy atom. The molecule has 0 spiro atoms. The predicted octanol–water partition coefficient (Wildman–Crippen LogP) is 0.565. The average molecular weight is 81.1 g/mol. The highest BCUT2D eigenvalue weighted by molar-refractivity contribution is 5.94. The van der Waals surface area contributed by atoms with E-state index in [1.807, 2.05) is 6.92 Å². The highest BCUT2D eigenvalue weighted by atomic mass is 16.1. The minimum absolute atomic E-state index is 0.134. The first kappa shape index (κ1) is 3.59. The van der Waals surface area contributed by atoms with Crippen LogP contribution in [-0.4, -0.2) is 5.78 Å². The molecule has 0 amide bonds. The summed E-state index contributed by atoms with van der Waals surface area (Å²) in [5.41, 5.74) is 0. The Bertz CT molecular complexity index is 103. The Hall–Kier alpha value is -0.590. The molecule has 1 radical (unpaired) electrons. The molecular formula is C5H5O. The number of hydrogen-bond acceptors (Lipinski definition) is 1. The summed E-state index contributed by atoms with van der Waals surface area (Å²) in [4.78, 5) is 10.1. The highest BCUT2D eigenvalue weighted by Crippen LogP contribution is 2.07. The Morgan fingerprint density at radius 1 is 2.00 bits per heavy atom. The Morgan fingerprint density at radius 2 is 2.50 bits per heavy atom. The zero-order valence-electron chi connectivity index (χ0n) is 3.56. The van der Waals surface area contributed by atoms with Crippen molar-refractivity contribution in [3.05, 3.63) is 12.2 Å². The number of hydrogen-bond donors (Lipinski definition) is 0. The first-order chi connectivity index (χ1) is 2.80. The van der Waals surface area contributed by atoms with Crippen LogP contribution in [0.3, 0.4) is 0 Å². The molecule has 0 saturated heterocycles. The molecule has 0 N–H and O–H groups in total. The molecule has 1 atom stereocenters. The quantitative estimate of drug-likeness (QED) is 0.416. The van der Waals surface area contributed by atoms with E-state index in [1.54, 1.807) is 6.08 Å². The molecule has 1 rings (SSSR count).